The molecule has 0 spiro atoms. The van der Waals surface area contributed by atoms with E-state index in [1.807, 2.05) is 13.8 Å². The van der Waals surface area contributed by atoms with Crippen molar-refractivity contribution >= 4 is 5.97 Å². The number of hydrogen-bond acceptors (Lipinski definition) is 2. The normalized spacial score (nSPS) is 10.7. The molecular weight excluding hydrogens is 156 g/mol. The minimum absolute atomic E-state index is 0.116. The summed E-state index contributed by atoms with van der Waals surface area (Å²) in [6, 6.07) is 0. The van der Waals surface area contributed by atoms with Gasteiger partial charge in [0.05, 0.1) is 6.26 Å². The first-order valence-corrected chi connectivity index (χ1v) is 3.85. The number of aryl methyl sites for hydroxylation is 1. The molecule has 3 heteroatoms. The highest BCUT2D eigenvalue weighted by atomic mass is 16.4. The molecule has 0 aromatic carbocycles. The van der Waals surface area contributed by atoms with Crippen LogP contribution in [0.25, 0.3) is 0 Å². The van der Waals surface area contributed by atoms with Crippen LogP contribution in [0.2, 0.25) is 0 Å². The van der Waals surface area contributed by atoms with Gasteiger partial charge in [0.25, 0.3) is 0 Å². The van der Waals surface area contributed by atoms with E-state index in [4.69, 9.17) is 9.52 Å². The molecule has 3 nitrogen and oxygen atoms in total. The summed E-state index contributed by atoms with van der Waals surface area (Å²) in [7, 11) is 0. The van der Waals surface area contributed by atoms with E-state index in [-0.39, 0.29) is 5.92 Å². The van der Waals surface area contributed by atoms with Crippen LogP contribution in [0.15, 0.2) is 10.7 Å². The Balaban J connectivity index is 3.21. The summed E-state index contributed by atoms with van der Waals surface area (Å²) < 4.78 is 5.14. The molecule has 0 radical (unpaired) electrons. The number of furan rings is 1. The van der Waals surface area contributed by atoms with Gasteiger partial charge >= 0.3 is 5.97 Å². The van der Waals surface area contributed by atoms with E-state index in [1.165, 1.54) is 6.26 Å². The van der Waals surface area contributed by atoms with Gasteiger partial charge in [-0.05, 0) is 6.92 Å². The average molecular weight is 168 g/mol. The van der Waals surface area contributed by atoms with Gasteiger partial charge < -0.3 is 9.52 Å². The van der Waals surface area contributed by atoms with Crippen molar-refractivity contribution in [2.24, 2.45) is 0 Å². The van der Waals surface area contributed by atoms with Crippen molar-refractivity contribution in [3.8, 4) is 0 Å². The predicted octanol–water partition coefficient (Wildman–Crippen LogP) is 2.41. The van der Waals surface area contributed by atoms with Crippen molar-refractivity contribution in [1.82, 2.24) is 0 Å². The maximum absolute atomic E-state index is 10.7. The minimum atomic E-state index is -0.912. The molecule has 66 valence electrons. The number of carbonyl (C=O) groups is 1. The molecule has 0 unspecified atom stereocenters. The van der Waals surface area contributed by atoms with E-state index in [0.29, 0.717) is 16.9 Å². The first-order chi connectivity index (χ1) is 5.54. The SMILES string of the molecule is Cc1coc(C(C)C)c1C(=O)O. The highest BCUT2D eigenvalue weighted by Crippen LogP contribution is 2.23. The lowest BCUT2D eigenvalue weighted by atomic mass is 10.0. The van der Waals surface area contributed by atoms with E-state index in [1.54, 1.807) is 6.92 Å². The van der Waals surface area contributed by atoms with Crippen LogP contribution in [0.4, 0.5) is 0 Å². The molecule has 1 heterocycles. The summed E-state index contributed by atoms with van der Waals surface area (Å²) in [6.07, 6.45) is 1.48. The summed E-state index contributed by atoms with van der Waals surface area (Å²) >= 11 is 0. The van der Waals surface area contributed by atoms with Gasteiger partial charge in [0.1, 0.15) is 11.3 Å². The smallest absolute Gasteiger partial charge is 0.339 e. The van der Waals surface area contributed by atoms with Gasteiger partial charge in [0, 0.05) is 11.5 Å². The van der Waals surface area contributed by atoms with Crippen molar-refractivity contribution in [3.63, 3.8) is 0 Å². The molecule has 0 fully saturated rings. The Morgan fingerprint density at radius 1 is 1.58 bits per heavy atom. The molecule has 1 aromatic heterocycles. The Hall–Kier alpha value is -1.25. The van der Waals surface area contributed by atoms with Crippen molar-refractivity contribution in [1.29, 1.82) is 0 Å². The zero-order valence-corrected chi connectivity index (χ0v) is 7.42. The second-order valence-corrected chi connectivity index (χ2v) is 3.12. The predicted molar refractivity (Wildman–Crippen MR) is 44.5 cm³/mol. The summed E-state index contributed by atoms with van der Waals surface area (Å²) in [5, 5.41) is 8.82. The zero-order chi connectivity index (χ0) is 9.30. The van der Waals surface area contributed by atoms with Gasteiger partial charge in [-0.3, -0.25) is 0 Å². The molecule has 0 amide bonds. The van der Waals surface area contributed by atoms with Crippen LogP contribution in [-0.4, -0.2) is 11.1 Å². The molecule has 0 aliphatic rings. The fourth-order valence-electron chi connectivity index (χ4n) is 1.16. The van der Waals surface area contributed by atoms with Gasteiger partial charge in [0.15, 0.2) is 0 Å². The van der Waals surface area contributed by atoms with Crippen molar-refractivity contribution in [2.45, 2.75) is 26.7 Å². The number of hydrogen-bond donors (Lipinski definition) is 1. The number of aromatic carboxylic acids is 1. The summed E-state index contributed by atoms with van der Waals surface area (Å²) in [6.45, 7) is 5.55. The Morgan fingerprint density at radius 2 is 2.17 bits per heavy atom. The lowest BCUT2D eigenvalue weighted by Crippen LogP contribution is -2.01. The second kappa shape index (κ2) is 3.01. The molecule has 12 heavy (non-hydrogen) atoms. The van der Waals surface area contributed by atoms with Crippen molar-refractivity contribution in [2.75, 3.05) is 0 Å². The van der Waals surface area contributed by atoms with Gasteiger partial charge in [-0.15, -0.1) is 0 Å². The summed E-state index contributed by atoms with van der Waals surface area (Å²) in [5.74, 6) is -0.241. The number of carboxylic acids is 1. The first kappa shape index (κ1) is 8.84. The van der Waals surface area contributed by atoms with Crippen LogP contribution in [0.3, 0.4) is 0 Å². The molecule has 1 aromatic rings. The topological polar surface area (TPSA) is 50.4 Å². The van der Waals surface area contributed by atoms with E-state index >= 15 is 0 Å². The molecule has 0 bridgehead atoms. The molecule has 0 aliphatic heterocycles. The molecule has 0 aliphatic carbocycles. The third-order valence-corrected chi connectivity index (χ3v) is 1.74. The van der Waals surface area contributed by atoms with E-state index in [9.17, 15) is 4.79 Å². The maximum Gasteiger partial charge on any atom is 0.339 e. The third kappa shape index (κ3) is 1.35. The molecular formula is C9H12O3. The fourth-order valence-corrected chi connectivity index (χ4v) is 1.16. The highest BCUT2D eigenvalue weighted by Gasteiger charge is 2.19. The maximum atomic E-state index is 10.7. The fraction of sp³-hybridized carbons (Fsp3) is 0.444. The van der Waals surface area contributed by atoms with Crippen LogP contribution >= 0.6 is 0 Å². The van der Waals surface area contributed by atoms with Crippen molar-refractivity contribution < 1.29 is 14.3 Å². The Bertz CT molecular complexity index is 297. The second-order valence-electron chi connectivity index (χ2n) is 3.12. The first-order valence-electron chi connectivity index (χ1n) is 3.85. The highest BCUT2D eigenvalue weighted by molar-refractivity contribution is 5.90. The van der Waals surface area contributed by atoms with Gasteiger partial charge in [-0.2, -0.15) is 0 Å². The van der Waals surface area contributed by atoms with E-state index in [0.717, 1.165) is 0 Å². The number of rotatable bonds is 2. The Labute approximate surface area is 71.0 Å². The van der Waals surface area contributed by atoms with Crippen LogP contribution in [0, 0.1) is 6.92 Å². The standard InChI is InChI=1S/C9H12O3/c1-5(2)8-7(9(10)11)6(3)4-12-8/h4-5H,1-3H3,(H,10,11). The average Bonchev–Trinajstić information content (AvgIpc) is 2.30. The molecule has 0 saturated heterocycles. The molecule has 1 N–H and O–H groups in total. The van der Waals surface area contributed by atoms with Gasteiger partial charge in [-0.25, -0.2) is 4.79 Å². The zero-order valence-electron chi connectivity index (χ0n) is 7.42. The van der Waals surface area contributed by atoms with Crippen molar-refractivity contribution in [3.05, 3.63) is 23.2 Å². The van der Waals surface area contributed by atoms with E-state index in [2.05, 4.69) is 0 Å². The molecule has 1 rings (SSSR count). The third-order valence-electron chi connectivity index (χ3n) is 1.74. The quantitative estimate of drug-likeness (QED) is 0.737. The van der Waals surface area contributed by atoms with Crippen LogP contribution < -0.4 is 0 Å². The van der Waals surface area contributed by atoms with Crippen LogP contribution in [0.5, 0.6) is 0 Å². The summed E-state index contributed by atoms with van der Waals surface area (Å²) in [4.78, 5) is 10.7. The molecule has 0 saturated carbocycles. The van der Waals surface area contributed by atoms with E-state index < -0.39 is 5.97 Å². The van der Waals surface area contributed by atoms with Crippen LogP contribution in [-0.2, 0) is 0 Å². The Kier molecular flexibility index (Phi) is 2.22. The summed E-state index contributed by atoms with van der Waals surface area (Å²) in [5.41, 5.74) is 0.996. The lowest BCUT2D eigenvalue weighted by molar-refractivity contribution is 0.0693. The largest absolute Gasteiger partial charge is 0.478 e. The minimum Gasteiger partial charge on any atom is -0.478 e. The number of carboxylic acid groups (broad SMARTS) is 1. The molecule has 0 atom stereocenters. The van der Waals surface area contributed by atoms with Gasteiger partial charge in [0.2, 0.25) is 0 Å². The Morgan fingerprint density at radius 3 is 2.50 bits per heavy atom. The monoisotopic (exact) mass is 168 g/mol. The van der Waals surface area contributed by atoms with Crippen LogP contribution in [0.1, 0.15) is 41.4 Å². The van der Waals surface area contributed by atoms with Gasteiger partial charge in [-0.1, -0.05) is 13.8 Å². The lowest BCUT2D eigenvalue weighted by Gasteiger charge is -2.01.